The fourth-order valence-corrected chi connectivity index (χ4v) is 4.77. The van der Waals surface area contributed by atoms with Crippen LogP contribution >= 0.6 is 0 Å². The van der Waals surface area contributed by atoms with Gasteiger partial charge in [-0.3, -0.25) is 4.90 Å². The van der Waals surface area contributed by atoms with Crippen molar-refractivity contribution in [2.75, 3.05) is 5.73 Å². The molecule has 0 spiro atoms. The molecule has 0 saturated carbocycles. The second-order valence-corrected chi connectivity index (χ2v) is 11.7. The SMILES string of the molecule is Cc1cccc(Oc2ccc(N)c(CN(C(=O)OCc3nc4ccc(Oc5cccc(C)c5)cc4n3C)C(C)(C)C)c2)c1. The highest BCUT2D eigenvalue weighted by atomic mass is 16.6. The molecule has 0 aliphatic carbocycles. The van der Waals surface area contributed by atoms with Crippen LogP contribution in [0.1, 0.15) is 43.3 Å². The van der Waals surface area contributed by atoms with Gasteiger partial charge in [-0.15, -0.1) is 0 Å². The van der Waals surface area contributed by atoms with E-state index in [1.807, 2.05) is 125 Å². The second kappa shape index (κ2) is 12.1. The van der Waals surface area contributed by atoms with Gasteiger partial charge in [-0.2, -0.15) is 0 Å². The van der Waals surface area contributed by atoms with Gasteiger partial charge in [-0.25, -0.2) is 9.78 Å². The van der Waals surface area contributed by atoms with Gasteiger partial charge in [0.1, 0.15) is 28.8 Å². The van der Waals surface area contributed by atoms with Gasteiger partial charge in [0.25, 0.3) is 0 Å². The van der Waals surface area contributed by atoms with Crippen molar-refractivity contribution in [3.05, 3.63) is 107 Å². The van der Waals surface area contributed by atoms with Gasteiger partial charge in [-0.1, -0.05) is 24.3 Å². The zero-order valence-electron chi connectivity index (χ0n) is 25.5. The van der Waals surface area contributed by atoms with E-state index in [-0.39, 0.29) is 13.2 Å². The largest absolute Gasteiger partial charge is 0.457 e. The van der Waals surface area contributed by atoms with Crippen LogP contribution in [0.3, 0.4) is 0 Å². The number of ether oxygens (including phenoxy) is 3. The zero-order chi connectivity index (χ0) is 30.7. The molecule has 222 valence electrons. The molecule has 0 radical (unpaired) electrons. The first-order chi connectivity index (χ1) is 20.5. The number of nitrogens with two attached hydrogens (primary N) is 1. The first-order valence-corrected chi connectivity index (χ1v) is 14.2. The number of aryl methyl sites for hydroxylation is 3. The highest BCUT2D eigenvalue weighted by Crippen LogP contribution is 2.30. The summed E-state index contributed by atoms with van der Waals surface area (Å²) in [6.45, 7) is 10.2. The average Bonchev–Trinajstić information content (AvgIpc) is 3.26. The van der Waals surface area contributed by atoms with Crippen LogP contribution < -0.4 is 15.2 Å². The van der Waals surface area contributed by atoms with Gasteiger partial charge < -0.3 is 24.5 Å². The van der Waals surface area contributed by atoms with E-state index in [0.29, 0.717) is 23.0 Å². The molecule has 0 unspecified atom stereocenters. The second-order valence-electron chi connectivity index (χ2n) is 11.7. The molecule has 1 amide bonds. The Morgan fingerprint density at radius 3 is 2.02 bits per heavy atom. The number of carbonyl (C=O) groups excluding carboxylic acids is 1. The first kappa shape index (κ1) is 29.5. The lowest BCUT2D eigenvalue weighted by molar-refractivity contribution is 0.0569. The lowest BCUT2D eigenvalue weighted by atomic mass is 10.0. The number of hydrogen-bond donors (Lipinski definition) is 1. The Morgan fingerprint density at radius 2 is 1.42 bits per heavy atom. The lowest BCUT2D eigenvalue weighted by Gasteiger charge is -2.35. The van der Waals surface area contributed by atoms with Gasteiger partial charge in [0.05, 0.1) is 17.6 Å². The molecule has 2 N–H and O–H groups in total. The van der Waals surface area contributed by atoms with E-state index in [1.54, 1.807) is 11.0 Å². The average molecular weight is 579 g/mol. The Morgan fingerprint density at radius 1 is 0.837 bits per heavy atom. The van der Waals surface area contributed by atoms with Crippen LogP contribution in [-0.2, 0) is 24.9 Å². The van der Waals surface area contributed by atoms with E-state index < -0.39 is 11.6 Å². The van der Waals surface area contributed by atoms with E-state index in [4.69, 9.17) is 24.9 Å². The molecule has 0 atom stereocenters. The van der Waals surface area contributed by atoms with Gasteiger partial charge in [0.2, 0.25) is 0 Å². The number of nitrogen functional groups attached to an aromatic ring is 1. The van der Waals surface area contributed by atoms with Crippen molar-refractivity contribution >= 4 is 22.8 Å². The predicted molar refractivity (Wildman–Crippen MR) is 170 cm³/mol. The maximum Gasteiger partial charge on any atom is 0.410 e. The van der Waals surface area contributed by atoms with Crippen molar-refractivity contribution in [1.82, 2.24) is 14.5 Å². The Hall–Kier alpha value is -4.98. The Bertz CT molecular complexity index is 1770. The van der Waals surface area contributed by atoms with Gasteiger partial charge in [-0.05, 0) is 106 Å². The maximum absolute atomic E-state index is 13.5. The number of imidazole rings is 1. The normalized spacial score (nSPS) is 11.4. The molecule has 1 heterocycles. The van der Waals surface area contributed by atoms with Crippen molar-refractivity contribution in [2.45, 2.75) is 53.3 Å². The quantitative estimate of drug-likeness (QED) is 0.186. The number of benzene rings is 4. The van der Waals surface area contributed by atoms with Crippen molar-refractivity contribution in [3.8, 4) is 23.0 Å². The fraction of sp³-hybridized carbons (Fsp3) is 0.257. The van der Waals surface area contributed by atoms with Gasteiger partial charge in [0, 0.05) is 24.3 Å². The summed E-state index contributed by atoms with van der Waals surface area (Å²) in [4.78, 5) is 19.8. The summed E-state index contributed by atoms with van der Waals surface area (Å²) in [5.74, 6) is 3.47. The van der Waals surface area contributed by atoms with Crippen LogP contribution in [-0.4, -0.2) is 26.1 Å². The minimum Gasteiger partial charge on any atom is -0.457 e. The zero-order valence-corrected chi connectivity index (χ0v) is 25.5. The Balaban J connectivity index is 1.30. The molecule has 0 saturated heterocycles. The van der Waals surface area contributed by atoms with E-state index in [9.17, 15) is 4.79 Å². The number of rotatable bonds is 8. The number of anilines is 1. The van der Waals surface area contributed by atoms with E-state index >= 15 is 0 Å². The Kier molecular flexibility index (Phi) is 8.30. The van der Waals surface area contributed by atoms with E-state index in [1.165, 1.54) is 0 Å². The maximum atomic E-state index is 13.5. The van der Waals surface area contributed by atoms with Gasteiger partial charge >= 0.3 is 6.09 Å². The highest BCUT2D eigenvalue weighted by Gasteiger charge is 2.29. The van der Waals surface area contributed by atoms with Crippen molar-refractivity contribution in [1.29, 1.82) is 0 Å². The third-order valence-corrected chi connectivity index (χ3v) is 7.19. The van der Waals surface area contributed by atoms with Crippen LogP contribution in [0.5, 0.6) is 23.0 Å². The molecular formula is C35H38N4O4. The number of nitrogens with zero attached hydrogens (tertiary/aromatic N) is 3. The monoisotopic (exact) mass is 578 g/mol. The molecule has 0 fully saturated rings. The molecule has 1 aromatic heterocycles. The molecule has 4 aromatic carbocycles. The summed E-state index contributed by atoms with van der Waals surface area (Å²) in [5, 5.41) is 0. The standard InChI is InChI=1S/C35H38N4O4/c1-23-9-7-11-26(17-23)42-28-13-15-30(36)25(19-28)21-39(35(3,4)5)34(40)41-22-33-37-31-16-14-29(20-32(31)38(33)6)43-27-12-8-10-24(2)18-27/h7-20H,21-22,36H2,1-6H3. The summed E-state index contributed by atoms with van der Waals surface area (Å²) >= 11 is 0. The summed E-state index contributed by atoms with van der Waals surface area (Å²) in [6.07, 6.45) is -0.465. The molecule has 0 aliphatic heterocycles. The molecule has 8 heteroatoms. The summed E-state index contributed by atoms with van der Waals surface area (Å²) in [6, 6.07) is 26.9. The number of amides is 1. The summed E-state index contributed by atoms with van der Waals surface area (Å²) in [7, 11) is 1.90. The van der Waals surface area contributed by atoms with Crippen molar-refractivity contribution in [2.24, 2.45) is 7.05 Å². The lowest BCUT2D eigenvalue weighted by Crippen LogP contribution is -2.45. The van der Waals surface area contributed by atoms with Crippen LogP contribution in [0.4, 0.5) is 10.5 Å². The number of carbonyl (C=O) groups is 1. The molecule has 0 aliphatic rings. The van der Waals surface area contributed by atoms with Crippen LogP contribution in [0.25, 0.3) is 11.0 Å². The minimum absolute atomic E-state index is 0.0106. The van der Waals surface area contributed by atoms with Crippen LogP contribution in [0.2, 0.25) is 0 Å². The number of hydrogen-bond acceptors (Lipinski definition) is 6. The smallest absolute Gasteiger partial charge is 0.410 e. The van der Waals surface area contributed by atoms with E-state index in [0.717, 1.165) is 39.2 Å². The number of aromatic nitrogens is 2. The molecule has 5 rings (SSSR count). The number of fused-ring (bicyclic) bond motifs is 1. The minimum atomic E-state index is -0.536. The van der Waals surface area contributed by atoms with Crippen molar-refractivity contribution in [3.63, 3.8) is 0 Å². The molecule has 43 heavy (non-hydrogen) atoms. The van der Waals surface area contributed by atoms with Gasteiger partial charge in [0.15, 0.2) is 6.61 Å². The first-order valence-electron chi connectivity index (χ1n) is 14.2. The van der Waals surface area contributed by atoms with E-state index in [2.05, 4.69) is 0 Å². The Labute approximate surface area is 252 Å². The third-order valence-electron chi connectivity index (χ3n) is 7.19. The topological polar surface area (TPSA) is 91.8 Å². The fourth-order valence-electron chi connectivity index (χ4n) is 4.77. The molecule has 8 nitrogen and oxygen atoms in total. The highest BCUT2D eigenvalue weighted by molar-refractivity contribution is 5.78. The molecular weight excluding hydrogens is 540 g/mol. The predicted octanol–water partition coefficient (Wildman–Crippen LogP) is 8.29. The summed E-state index contributed by atoms with van der Waals surface area (Å²) < 4.78 is 19.9. The van der Waals surface area contributed by atoms with Crippen LogP contribution in [0, 0.1) is 13.8 Å². The molecule has 0 bridgehead atoms. The third kappa shape index (κ3) is 7.09. The van der Waals surface area contributed by atoms with Crippen molar-refractivity contribution < 1.29 is 19.0 Å². The van der Waals surface area contributed by atoms with Crippen LogP contribution in [0.15, 0.2) is 84.9 Å². The molecule has 5 aromatic rings. The summed E-state index contributed by atoms with van der Waals surface area (Å²) in [5.41, 5.74) is 11.0.